The Morgan fingerprint density at radius 3 is 2.52 bits per heavy atom. The van der Waals surface area contributed by atoms with E-state index in [-0.39, 0.29) is 17.9 Å². The predicted molar refractivity (Wildman–Crippen MR) is 156 cm³/mol. The van der Waals surface area contributed by atoms with E-state index in [2.05, 4.69) is 27.4 Å². The highest BCUT2D eigenvalue weighted by molar-refractivity contribution is 6.47. The molecule has 1 aliphatic heterocycles. The second kappa shape index (κ2) is 11.6. The highest BCUT2D eigenvalue weighted by Gasteiger charge is 2.38. The highest BCUT2D eigenvalue weighted by atomic mass is 16.5. The van der Waals surface area contributed by atoms with Crippen LogP contribution < -0.4 is 10.8 Å². The van der Waals surface area contributed by atoms with E-state index in [1.54, 1.807) is 27.5 Å². The van der Waals surface area contributed by atoms with Gasteiger partial charge in [-0.3, -0.25) is 4.79 Å². The van der Waals surface area contributed by atoms with Crippen LogP contribution in [0.15, 0.2) is 42.6 Å². The number of likely N-dealkylation sites (tertiary alicyclic amines) is 1. The largest absolute Gasteiger partial charge is 0.453 e. The fraction of sp³-hybridized carbons (Fsp3) is 0.500. The van der Waals surface area contributed by atoms with Crippen LogP contribution >= 0.6 is 0 Å². The lowest BCUT2D eigenvalue weighted by Gasteiger charge is -2.37. The van der Waals surface area contributed by atoms with Crippen LogP contribution in [0.1, 0.15) is 66.3 Å². The summed E-state index contributed by atoms with van der Waals surface area (Å²) in [4.78, 5) is 35.1. The molecule has 1 aliphatic rings. The van der Waals surface area contributed by atoms with E-state index in [9.17, 15) is 14.7 Å². The number of carbonyl (C=O) groups excluding carboxylic acids is 2. The predicted octanol–water partition coefficient (Wildman–Crippen LogP) is 4.08. The number of fused-ring (bicyclic) bond motifs is 1. The molecular formula is C30H40BN4O5. The average Bonchev–Trinajstić information content (AvgIpc) is 3.59. The van der Waals surface area contributed by atoms with E-state index in [0.29, 0.717) is 6.54 Å². The Morgan fingerprint density at radius 1 is 1.15 bits per heavy atom. The van der Waals surface area contributed by atoms with Crippen molar-refractivity contribution in [2.75, 3.05) is 13.7 Å². The van der Waals surface area contributed by atoms with Gasteiger partial charge in [-0.05, 0) is 63.3 Å². The summed E-state index contributed by atoms with van der Waals surface area (Å²) in [5, 5.41) is 15.2. The molecule has 1 radical (unpaired) electrons. The van der Waals surface area contributed by atoms with Crippen LogP contribution in [0.2, 0.25) is 0 Å². The fourth-order valence-electron chi connectivity index (χ4n) is 4.71. The Hall–Kier alpha value is -3.37. The molecule has 2 aromatic carbocycles. The van der Waals surface area contributed by atoms with Crippen molar-refractivity contribution in [1.29, 1.82) is 0 Å². The van der Waals surface area contributed by atoms with E-state index in [1.165, 1.54) is 7.11 Å². The Bertz CT molecular complexity index is 1360. The van der Waals surface area contributed by atoms with E-state index in [1.807, 2.05) is 56.9 Å². The Morgan fingerprint density at radius 2 is 1.85 bits per heavy atom. The molecule has 2 atom stereocenters. The molecule has 1 saturated heterocycles. The van der Waals surface area contributed by atoms with E-state index < -0.39 is 23.3 Å². The molecule has 0 spiro atoms. The lowest BCUT2D eigenvalue weighted by molar-refractivity contribution is -0.135. The first-order valence-corrected chi connectivity index (χ1v) is 13.8. The summed E-state index contributed by atoms with van der Waals surface area (Å²) in [6, 6.07) is 11.4. The number of amides is 2. The molecule has 10 heteroatoms. The number of alkyl carbamates (subject to hydrolysis) is 1. The lowest BCUT2D eigenvalue weighted by atomic mass is 9.82. The second-order valence-corrected chi connectivity index (χ2v) is 11.9. The SMILES string of the molecule is COC(=O)NC(C(=O)N1CCCC1c1ncc(-c2ccc3cc([B]OC(C)(C)C(C)(C)O)ccc3c2)[nH]1)C(C)C. The maximum absolute atomic E-state index is 13.4. The molecule has 40 heavy (non-hydrogen) atoms. The van der Waals surface area contributed by atoms with Gasteiger partial charge < -0.3 is 29.7 Å². The zero-order valence-corrected chi connectivity index (χ0v) is 24.4. The van der Waals surface area contributed by atoms with Crippen LogP contribution in [0, 0.1) is 5.92 Å². The molecule has 1 fully saturated rings. The molecule has 1 aromatic heterocycles. The van der Waals surface area contributed by atoms with Gasteiger partial charge in [-0.15, -0.1) is 0 Å². The van der Waals surface area contributed by atoms with Crippen molar-refractivity contribution in [2.45, 2.75) is 77.7 Å². The molecule has 213 valence electrons. The Kier molecular flexibility index (Phi) is 8.61. The van der Waals surface area contributed by atoms with E-state index in [4.69, 9.17) is 9.39 Å². The summed E-state index contributed by atoms with van der Waals surface area (Å²) in [6.45, 7) is 11.6. The number of hydrogen-bond donors (Lipinski definition) is 3. The van der Waals surface area contributed by atoms with Crippen molar-refractivity contribution in [3.63, 3.8) is 0 Å². The van der Waals surface area contributed by atoms with Crippen molar-refractivity contribution in [3.8, 4) is 11.3 Å². The number of aromatic amines is 1. The number of benzene rings is 2. The average molecular weight is 547 g/mol. The Balaban J connectivity index is 1.50. The molecule has 3 aromatic rings. The van der Waals surface area contributed by atoms with Gasteiger partial charge in [0.25, 0.3) is 0 Å². The number of ether oxygens (including phenoxy) is 1. The molecule has 2 heterocycles. The van der Waals surface area contributed by atoms with Gasteiger partial charge in [0, 0.05) is 12.1 Å². The third kappa shape index (κ3) is 6.34. The number of imidazole rings is 1. The lowest BCUT2D eigenvalue weighted by Crippen LogP contribution is -2.51. The van der Waals surface area contributed by atoms with Crippen LogP contribution in [0.4, 0.5) is 4.79 Å². The first kappa shape index (κ1) is 29.6. The minimum absolute atomic E-state index is 0.0877. The quantitative estimate of drug-likeness (QED) is 0.348. The molecule has 0 aliphatic carbocycles. The van der Waals surface area contributed by atoms with Crippen LogP contribution in [-0.4, -0.2) is 70.4 Å². The van der Waals surface area contributed by atoms with Gasteiger partial charge in [0.1, 0.15) is 11.9 Å². The van der Waals surface area contributed by atoms with Crippen molar-refractivity contribution in [1.82, 2.24) is 20.2 Å². The summed E-state index contributed by atoms with van der Waals surface area (Å²) in [7, 11) is 2.98. The third-order valence-corrected chi connectivity index (χ3v) is 7.98. The summed E-state index contributed by atoms with van der Waals surface area (Å²) in [5.74, 6) is 0.516. The van der Waals surface area contributed by atoms with Crippen molar-refractivity contribution in [2.24, 2.45) is 5.92 Å². The molecule has 4 rings (SSSR count). The standard InChI is InChI=1S/C30H40BN4O5/c1-18(2)25(34-28(37)39-7)27(36)35-14-8-9-24(35)26-32-17-23(33-26)21-11-10-20-16-22(13-12-19(20)15-21)31-40-30(5,6)29(3,4)38/h10-13,15-18,24-25,38H,8-9,14H2,1-7H3,(H,32,33)(H,34,37). The van der Waals surface area contributed by atoms with Crippen LogP contribution in [0.3, 0.4) is 0 Å². The summed E-state index contributed by atoms with van der Waals surface area (Å²) < 4.78 is 10.6. The maximum atomic E-state index is 13.4. The van der Waals surface area contributed by atoms with Crippen LogP contribution in [0.25, 0.3) is 22.0 Å². The van der Waals surface area contributed by atoms with Gasteiger partial charge in [0.2, 0.25) is 5.91 Å². The summed E-state index contributed by atoms with van der Waals surface area (Å²) in [5.41, 5.74) is 1.04. The number of H-pyrrole nitrogens is 1. The number of nitrogens with zero attached hydrogens (tertiary/aromatic N) is 2. The minimum Gasteiger partial charge on any atom is -0.453 e. The maximum Gasteiger partial charge on any atom is 0.407 e. The number of aliphatic hydroxyl groups is 1. The highest BCUT2D eigenvalue weighted by Crippen LogP contribution is 2.33. The van der Waals surface area contributed by atoms with E-state index in [0.717, 1.165) is 46.2 Å². The zero-order valence-electron chi connectivity index (χ0n) is 24.4. The number of aromatic nitrogens is 2. The number of nitrogens with one attached hydrogen (secondary N) is 2. The number of methoxy groups -OCH3 is 1. The topological polar surface area (TPSA) is 117 Å². The monoisotopic (exact) mass is 547 g/mol. The van der Waals surface area contributed by atoms with Gasteiger partial charge in [0.05, 0.1) is 36.2 Å². The molecular weight excluding hydrogens is 507 g/mol. The molecule has 2 amide bonds. The normalized spacial score (nSPS) is 16.8. The molecule has 3 N–H and O–H groups in total. The molecule has 2 unspecified atom stereocenters. The number of rotatable bonds is 9. The van der Waals surface area contributed by atoms with Gasteiger partial charge in [-0.2, -0.15) is 0 Å². The third-order valence-electron chi connectivity index (χ3n) is 7.98. The number of hydrogen-bond acceptors (Lipinski definition) is 6. The van der Waals surface area contributed by atoms with Crippen molar-refractivity contribution in [3.05, 3.63) is 48.4 Å². The first-order valence-electron chi connectivity index (χ1n) is 13.8. The molecule has 0 saturated carbocycles. The molecule has 0 bridgehead atoms. The van der Waals surface area contributed by atoms with Crippen molar-refractivity contribution < 1.29 is 24.1 Å². The zero-order chi connectivity index (χ0) is 29.2. The summed E-state index contributed by atoms with van der Waals surface area (Å²) in [6.07, 6.45) is 2.85. The van der Waals surface area contributed by atoms with E-state index >= 15 is 0 Å². The summed E-state index contributed by atoms with van der Waals surface area (Å²) >= 11 is 0. The van der Waals surface area contributed by atoms with Gasteiger partial charge >= 0.3 is 13.6 Å². The minimum atomic E-state index is -0.989. The number of carbonyl (C=O) groups is 2. The van der Waals surface area contributed by atoms with Gasteiger partial charge in [-0.1, -0.05) is 49.6 Å². The Labute approximate surface area is 236 Å². The van der Waals surface area contributed by atoms with Gasteiger partial charge in [-0.25, -0.2) is 9.78 Å². The fourth-order valence-corrected chi connectivity index (χ4v) is 4.71. The van der Waals surface area contributed by atoms with Gasteiger partial charge in [0.15, 0.2) is 0 Å². The smallest absolute Gasteiger partial charge is 0.407 e. The van der Waals surface area contributed by atoms with Crippen molar-refractivity contribution >= 4 is 35.7 Å². The van der Waals surface area contributed by atoms with Crippen LogP contribution in [0.5, 0.6) is 0 Å². The second-order valence-electron chi connectivity index (χ2n) is 11.9. The van der Waals surface area contributed by atoms with Crippen LogP contribution in [-0.2, 0) is 14.2 Å². The molecule has 9 nitrogen and oxygen atoms in total. The first-order chi connectivity index (χ1) is 18.8.